The van der Waals surface area contributed by atoms with Crippen molar-refractivity contribution in [1.82, 2.24) is 9.88 Å². The van der Waals surface area contributed by atoms with E-state index in [9.17, 15) is 0 Å². The fourth-order valence-electron chi connectivity index (χ4n) is 1.88. The highest BCUT2D eigenvalue weighted by molar-refractivity contribution is 7.81. The summed E-state index contributed by atoms with van der Waals surface area (Å²) in [6.45, 7) is 3.39. The normalized spacial score (nSPS) is 24.8. The van der Waals surface area contributed by atoms with Crippen LogP contribution in [0.1, 0.15) is 18.5 Å². The summed E-state index contributed by atoms with van der Waals surface area (Å²) in [6.07, 6.45) is 4.54. The van der Waals surface area contributed by atoms with Gasteiger partial charge in [-0.3, -0.25) is 4.90 Å². The van der Waals surface area contributed by atoms with Crippen LogP contribution < -0.4 is 0 Å². The quantitative estimate of drug-likeness (QED) is 0.692. The SMILES string of the molecule is SC1CCCN(Cc2ccc[nH]2)C1. The van der Waals surface area contributed by atoms with Crippen molar-refractivity contribution in [3.05, 3.63) is 24.0 Å². The van der Waals surface area contributed by atoms with E-state index in [1.54, 1.807) is 0 Å². The molecular formula is C10H16N2S. The number of H-pyrrole nitrogens is 1. The van der Waals surface area contributed by atoms with E-state index in [0.29, 0.717) is 5.25 Å². The van der Waals surface area contributed by atoms with Crippen LogP contribution in [0.4, 0.5) is 0 Å². The van der Waals surface area contributed by atoms with E-state index in [0.717, 1.165) is 13.1 Å². The fourth-order valence-corrected chi connectivity index (χ4v) is 2.30. The number of aromatic nitrogens is 1. The smallest absolute Gasteiger partial charge is 0.0385 e. The number of nitrogens with one attached hydrogen (secondary N) is 1. The second kappa shape index (κ2) is 4.20. The first-order valence-electron chi connectivity index (χ1n) is 4.87. The number of nitrogens with zero attached hydrogens (tertiary/aromatic N) is 1. The van der Waals surface area contributed by atoms with E-state index in [1.807, 2.05) is 6.20 Å². The summed E-state index contributed by atoms with van der Waals surface area (Å²) in [5.74, 6) is 0. The topological polar surface area (TPSA) is 19.0 Å². The number of likely N-dealkylation sites (tertiary alicyclic amines) is 1. The van der Waals surface area contributed by atoms with Crippen LogP contribution in [0, 0.1) is 0 Å². The Hall–Kier alpha value is -0.410. The van der Waals surface area contributed by atoms with Gasteiger partial charge in [-0.2, -0.15) is 12.6 Å². The van der Waals surface area contributed by atoms with Gasteiger partial charge in [0.2, 0.25) is 0 Å². The highest BCUT2D eigenvalue weighted by Gasteiger charge is 2.16. The average Bonchev–Trinajstić information content (AvgIpc) is 2.57. The van der Waals surface area contributed by atoms with Crippen LogP contribution in [-0.2, 0) is 6.54 Å². The van der Waals surface area contributed by atoms with Crippen molar-refractivity contribution in [2.24, 2.45) is 0 Å². The Labute approximate surface area is 84.7 Å². The first kappa shape index (κ1) is 9.16. The predicted molar refractivity (Wildman–Crippen MR) is 58.1 cm³/mol. The summed E-state index contributed by atoms with van der Waals surface area (Å²) in [7, 11) is 0. The largest absolute Gasteiger partial charge is 0.364 e. The first-order chi connectivity index (χ1) is 6.34. The Morgan fingerprint density at radius 1 is 1.62 bits per heavy atom. The Morgan fingerprint density at radius 3 is 3.23 bits per heavy atom. The van der Waals surface area contributed by atoms with Crippen LogP contribution in [0.15, 0.2) is 18.3 Å². The third-order valence-corrected chi connectivity index (χ3v) is 2.96. The third-order valence-electron chi connectivity index (χ3n) is 2.54. The lowest BCUT2D eigenvalue weighted by molar-refractivity contribution is 0.224. The molecule has 1 aliphatic heterocycles. The molecule has 2 rings (SSSR count). The maximum absolute atomic E-state index is 4.52. The number of hydrogen-bond donors (Lipinski definition) is 2. The van der Waals surface area contributed by atoms with Crippen LogP contribution in [0.5, 0.6) is 0 Å². The van der Waals surface area contributed by atoms with Crippen LogP contribution in [-0.4, -0.2) is 28.2 Å². The molecule has 3 heteroatoms. The van der Waals surface area contributed by atoms with Gasteiger partial charge in [0.1, 0.15) is 0 Å². The number of rotatable bonds is 2. The minimum Gasteiger partial charge on any atom is -0.364 e. The van der Waals surface area contributed by atoms with E-state index in [4.69, 9.17) is 0 Å². The molecule has 0 aromatic carbocycles. The van der Waals surface area contributed by atoms with Gasteiger partial charge in [-0.25, -0.2) is 0 Å². The van der Waals surface area contributed by atoms with Gasteiger partial charge in [-0.15, -0.1) is 0 Å². The lowest BCUT2D eigenvalue weighted by Crippen LogP contribution is -2.35. The molecule has 2 heterocycles. The van der Waals surface area contributed by atoms with Gasteiger partial charge in [0.05, 0.1) is 0 Å². The molecule has 1 aliphatic rings. The van der Waals surface area contributed by atoms with Gasteiger partial charge < -0.3 is 4.98 Å². The molecule has 1 aromatic heterocycles. The van der Waals surface area contributed by atoms with Crippen molar-refractivity contribution >= 4 is 12.6 Å². The molecule has 72 valence electrons. The molecule has 0 bridgehead atoms. The molecule has 1 N–H and O–H groups in total. The van der Waals surface area contributed by atoms with Gasteiger partial charge in [0, 0.05) is 30.2 Å². The van der Waals surface area contributed by atoms with Crippen LogP contribution in [0.3, 0.4) is 0 Å². The summed E-state index contributed by atoms with van der Waals surface area (Å²) in [6, 6.07) is 4.19. The lowest BCUT2D eigenvalue weighted by atomic mass is 10.1. The van der Waals surface area contributed by atoms with Gasteiger partial charge in [-0.1, -0.05) is 0 Å². The molecular weight excluding hydrogens is 180 g/mol. The Kier molecular flexibility index (Phi) is 2.96. The molecule has 0 saturated carbocycles. The maximum Gasteiger partial charge on any atom is 0.0385 e. The molecule has 1 saturated heterocycles. The number of thiol groups is 1. The zero-order chi connectivity index (χ0) is 9.10. The monoisotopic (exact) mass is 196 g/mol. The Balaban J connectivity index is 1.87. The highest BCUT2D eigenvalue weighted by atomic mass is 32.1. The predicted octanol–water partition coefficient (Wildman–Crippen LogP) is 1.91. The summed E-state index contributed by atoms with van der Waals surface area (Å²) in [4.78, 5) is 5.70. The summed E-state index contributed by atoms with van der Waals surface area (Å²) < 4.78 is 0. The van der Waals surface area contributed by atoms with Crippen molar-refractivity contribution in [2.45, 2.75) is 24.6 Å². The van der Waals surface area contributed by atoms with E-state index in [1.165, 1.54) is 25.1 Å². The molecule has 13 heavy (non-hydrogen) atoms. The Bertz CT molecular complexity index is 245. The highest BCUT2D eigenvalue weighted by Crippen LogP contribution is 2.16. The zero-order valence-electron chi connectivity index (χ0n) is 7.74. The van der Waals surface area contributed by atoms with E-state index in [2.05, 4.69) is 34.6 Å². The van der Waals surface area contributed by atoms with Crippen molar-refractivity contribution in [3.8, 4) is 0 Å². The third kappa shape index (κ3) is 2.51. The van der Waals surface area contributed by atoms with E-state index in [-0.39, 0.29) is 0 Å². The number of piperidine rings is 1. The van der Waals surface area contributed by atoms with Gasteiger partial charge in [0.25, 0.3) is 0 Å². The van der Waals surface area contributed by atoms with E-state index < -0.39 is 0 Å². The van der Waals surface area contributed by atoms with Gasteiger partial charge in [0.15, 0.2) is 0 Å². The number of aromatic amines is 1. The Morgan fingerprint density at radius 2 is 2.54 bits per heavy atom. The molecule has 1 fully saturated rings. The molecule has 1 unspecified atom stereocenters. The van der Waals surface area contributed by atoms with Crippen LogP contribution >= 0.6 is 12.6 Å². The van der Waals surface area contributed by atoms with Crippen molar-refractivity contribution in [2.75, 3.05) is 13.1 Å². The summed E-state index contributed by atoms with van der Waals surface area (Å²) >= 11 is 4.52. The van der Waals surface area contributed by atoms with Gasteiger partial charge in [-0.05, 0) is 31.5 Å². The lowest BCUT2D eigenvalue weighted by Gasteiger charge is -2.29. The minimum atomic E-state index is 0.573. The van der Waals surface area contributed by atoms with Crippen LogP contribution in [0.25, 0.3) is 0 Å². The molecule has 1 aromatic rings. The van der Waals surface area contributed by atoms with Crippen molar-refractivity contribution in [1.29, 1.82) is 0 Å². The molecule has 0 radical (unpaired) electrons. The fraction of sp³-hybridized carbons (Fsp3) is 0.600. The first-order valence-corrected chi connectivity index (χ1v) is 5.39. The van der Waals surface area contributed by atoms with Crippen molar-refractivity contribution < 1.29 is 0 Å². The molecule has 0 spiro atoms. The zero-order valence-corrected chi connectivity index (χ0v) is 8.63. The maximum atomic E-state index is 4.52. The molecule has 1 atom stereocenters. The number of hydrogen-bond acceptors (Lipinski definition) is 2. The minimum absolute atomic E-state index is 0.573. The summed E-state index contributed by atoms with van der Waals surface area (Å²) in [5.41, 5.74) is 1.31. The molecule has 2 nitrogen and oxygen atoms in total. The second-order valence-electron chi connectivity index (χ2n) is 3.73. The average molecular weight is 196 g/mol. The van der Waals surface area contributed by atoms with Crippen LogP contribution in [0.2, 0.25) is 0 Å². The summed E-state index contributed by atoms with van der Waals surface area (Å²) in [5, 5.41) is 0.573. The molecule has 0 aliphatic carbocycles. The van der Waals surface area contributed by atoms with E-state index >= 15 is 0 Å². The van der Waals surface area contributed by atoms with Crippen molar-refractivity contribution in [3.63, 3.8) is 0 Å². The van der Waals surface area contributed by atoms with Gasteiger partial charge >= 0.3 is 0 Å². The standard InChI is InChI=1S/C10H16N2S/c13-10-4-2-6-12(8-10)7-9-3-1-5-11-9/h1,3,5,10-11,13H,2,4,6-8H2. The molecule has 0 amide bonds. The second-order valence-corrected chi connectivity index (χ2v) is 4.46.